The molecule has 0 radical (unpaired) electrons. The second kappa shape index (κ2) is 5.44. The number of hydrogen-bond donors (Lipinski definition) is 2. The van der Waals surface area contributed by atoms with Gasteiger partial charge >= 0.3 is 0 Å². The van der Waals surface area contributed by atoms with Gasteiger partial charge in [0.15, 0.2) is 0 Å². The van der Waals surface area contributed by atoms with Crippen molar-refractivity contribution in [3.05, 3.63) is 0 Å². The van der Waals surface area contributed by atoms with E-state index in [0.717, 1.165) is 6.42 Å². The lowest BCUT2D eigenvalue weighted by Gasteiger charge is -2.34. The molecule has 0 aliphatic rings. The molecule has 2 nitrogen and oxygen atoms in total. The Labute approximate surface area is 106 Å². The number of nitrogens with one attached hydrogen (secondary N) is 1. The smallest absolute Gasteiger partial charge is 0.233 e. The summed E-state index contributed by atoms with van der Waals surface area (Å²) in [5.74, 6) is 0.293. The average Bonchev–Trinajstić information content (AvgIpc) is 1.96. The van der Waals surface area contributed by atoms with Gasteiger partial charge in [0.1, 0.15) is 0 Å². The highest BCUT2D eigenvalue weighted by Crippen LogP contribution is 2.27. The van der Waals surface area contributed by atoms with E-state index >= 15 is 0 Å². The molecular weight excluding hydrogens is 218 g/mol. The zero-order valence-electron chi connectivity index (χ0n) is 11.7. The Bertz CT molecular complexity index is 241. The average molecular weight is 245 g/mol. The summed E-state index contributed by atoms with van der Waals surface area (Å²) in [5.41, 5.74) is 0.0336. The largest absolute Gasteiger partial charge is 0.350 e. The normalized spacial score (nSPS) is 15.1. The van der Waals surface area contributed by atoms with Gasteiger partial charge in [0.2, 0.25) is 5.91 Å². The van der Waals surface area contributed by atoms with Crippen molar-refractivity contribution < 1.29 is 4.79 Å². The predicted octanol–water partition coefficient (Wildman–Crippen LogP) is 3.27. The Balaban J connectivity index is 4.42. The van der Waals surface area contributed by atoms with Crippen molar-refractivity contribution in [1.82, 2.24) is 5.32 Å². The molecule has 0 saturated carbocycles. The molecule has 0 heterocycles. The zero-order valence-corrected chi connectivity index (χ0v) is 12.6. The molecule has 0 spiro atoms. The highest BCUT2D eigenvalue weighted by atomic mass is 32.1. The van der Waals surface area contributed by atoms with E-state index in [-0.39, 0.29) is 28.0 Å². The van der Waals surface area contributed by atoms with Crippen LogP contribution in [0, 0.1) is 11.3 Å². The molecule has 0 aliphatic carbocycles. The number of carbonyl (C=O) groups is 1. The van der Waals surface area contributed by atoms with E-state index in [0.29, 0.717) is 0 Å². The first-order valence-corrected chi connectivity index (χ1v) is 6.46. The highest BCUT2D eigenvalue weighted by Gasteiger charge is 2.29. The molecule has 96 valence electrons. The maximum Gasteiger partial charge on any atom is 0.233 e. The van der Waals surface area contributed by atoms with E-state index in [1.807, 2.05) is 13.8 Å². The number of thiol groups is 1. The molecule has 1 N–H and O–H groups in total. The summed E-state index contributed by atoms with van der Waals surface area (Å²) < 4.78 is 0. The van der Waals surface area contributed by atoms with Crippen molar-refractivity contribution >= 4 is 18.5 Å². The van der Waals surface area contributed by atoms with Gasteiger partial charge in [-0.15, -0.1) is 0 Å². The summed E-state index contributed by atoms with van der Waals surface area (Å²) in [5, 5.41) is 2.86. The first kappa shape index (κ1) is 15.8. The number of amides is 1. The summed E-state index contributed by atoms with van der Waals surface area (Å²) in [6.07, 6.45) is 0.949. The van der Waals surface area contributed by atoms with Gasteiger partial charge in [-0.1, -0.05) is 34.6 Å². The van der Waals surface area contributed by atoms with Crippen LogP contribution in [-0.2, 0) is 4.79 Å². The van der Waals surface area contributed by atoms with Gasteiger partial charge in [0.25, 0.3) is 0 Å². The van der Waals surface area contributed by atoms with Crippen molar-refractivity contribution in [3.63, 3.8) is 0 Å². The molecule has 0 rings (SSSR count). The van der Waals surface area contributed by atoms with Gasteiger partial charge in [0, 0.05) is 5.54 Å². The Hall–Kier alpha value is -0.180. The molecule has 0 aliphatic heterocycles. The Kier molecular flexibility index (Phi) is 5.37. The number of rotatable bonds is 4. The number of hydrogen-bond acceptors (Lipinski definition) is 2. The van der Waals surface area contributed by atoms with Crippen LogP contribution in [0.3, 0.4) is 0 Å². The van der Waals surface area contributed by atoms with Crippen LogP contribution in [0.2, 0.25) is 0 Å². The van der Waals surface area contributed by atoms with E-state index in [9.17, 15) is 4.79 Å². The highest BCUT2D eigenvalue weighted by molar-refractivity contribution is 7.81. The molecule has 0 aromatic carbocycles. The molecule has 3 heteroatoms. The topological polar surface area (TPSA) is 29.1 Å². The van der Waals surface area contributed by atoms with Crippen molar-refractivity contribution in [2.24, 2.45) is 11.3 Å². The van der Waals surface area contributed by atoms with Crippen LogP contribution in [0.4, 0.5) is 0 Å². The molecule has 1 amide bonds. The standard InChI is InChI=1S/C13H27NOS/c1-9(2)10(16)11(15)14-13(6,7)8-12(3,4)5/h9-10,16H,8H2,1-7H3,(H,14,15). The SMILES string of the molecule is CC(C)C(S)C(=O)NC(C)(C)CC(C)(C)C. The van der Waals surface area contributed by atoms with Crippen LogP contribution < -0.4 is 5.32 Å². The quantitative estimate of drug-likeness (QED) is 0.731. The first-order chi connectivity index (χ1) is 6.94. The number of carbonyl (C=O) groups excluding carboxylic acids is 1. The van der Waals surface area contributed by atoms with Crippen LogP contribution in [0.5, 0.6) is 0 Å². The summed E-state index contributed by atoms with van der Waals surface area (Å²) in [6, 6.07) is 0. The van der Waals surface area contributed by atoms with E-state index < -0.39 is 0 Å². The minimum atomic E-state index is -0.223. The van der Waals surface area contributed by atoms with E-state index in [4.69, 9.17) is 0 Å². The Morgan fingerprint density at radius 2 is 1.62 bits per heavy atom. The Morgan fingerprint density at radius 1 is 1.19 bits per heavy atom. The molecule has 16 heavy (non-hydrogen) atoms. The molecular formula is C13H27NOS. The van der Waals surface area contributed by atoms with Gasteiger partial charge < -0.3 is 5.32 Å². The molecule has 1 unspecified atom stereocenters. The summed E-state index contributed by atoms with van der Waals surface area (Å²) >= 11 is 4.33. The lowest BCUT2D eigenvalue weighted by Crippen LogP contribution is -2.49. The summed E-state index contributed by atoms with van der Waals surface area (Å²) in [7, 11) is 0. The van der Waals surface area contributed by atoms with Gasteiger partial charge in [-0.3, -0.25) is 4.79 Å². The van der Waals surface area contributed by atoms with Crippen molar-refractivity contribution in [2.45, 2.75) is 65.7 Å². The second-order valence-corrected chi connectivity index (χ2v) is 7.36. The minimum absolute atomic E-state index is 0.0348. The molecule has 0 bridgehead atoms. The fourth-order valence-electron chi connectivity index (χ4n) is 2.08. The van der Waals surface area contributed by atoms with Crippen molar-refractivity contribution in [1.29, 1.82) is 0 Å². The van der Waals surface area contributed by atoms with E-state index in [1.165, 1.54) is 0 Å². The third kappa shape index (κ3) is 6.41. The van der Waals surface area contributed by atoms with Gasteiger partial charge in [-0.25, -0.2) is 0 Å². The van der Waals surface area contributed by atoms with Crippen LogP contribution >= 0.6 is 12.6 Å². The zero-order chi connectivity index (χ0) is 13.1. The van der Waals surface area contributed by atoms with Crippen molar-refractivity contribution in [2.75, 3.05) is 0 Å². The van der Waals surface area contributed by atoms with Gasteiger partial charge in [0.05, 0.1) is 5.25 Å². The first-order valence-electron chi connectivity index (χ1n) is 5.95. The second-order valence-electron chi connectivity index (χ2n) is 6.80. The van der Waals surface area contributed by atoms with Gasteiger partial charge in [-0.2, -0.15) is 12.6 Å². The predicted molar refractivity (Wildman–Crippen MR) is 73.9 cm³/mol. The summed E-state index contributed by atoms with van der Waals surface area (Å²) in [4.78, 5) is 11.9. The van der Waals surface area contributed by atoms with Crippen molar-refractivity contribution in [3.8, 4) is 0 Å². The lowest BCUT2D eigenvalue weighted by molar-refractivity contribution is -0.123. The Morgan fingerprint density at radius 3 is 1.94 bits per heavy atom. The van der Waals surface area contributed by atoms with Crippen LogP contribution in [-0.4, -0.2) is 16.7 Å². The van der Waals surface area contributed by atoms with E-state index in [1.54, 1.807) is 0 Å². The van der Waals surface area contributed by atoms with Crippen LogP contribution in [0.15, 0.2) is 0 Å². The van der Waals surface area contributed by atoms with Crippen LogP contribution in [0.25, 0.3) is 0 Å². The van der Waals surface area contributed by atoms with Gasteiger partial charge in [-0.05, 0) is 31.6 Å². The summed E-state index contributed by atoms with van der Waals surface area (Å²) in [6.45, 7) is 14.7. The molecule has 1 atom stereocenters. The molecule has 0 saturated heterocycles. The maximum atomic E-state index is 11.9. The molecule has 0 aromatic rings. The van der Waals surface area contributed by atoms with Crippen LogP contribution in [0.1, 0.15) is 54.9 Å². The third-order valence-electron chi connectivity index (χ3n) is 2.33. The fourth-order valence-corrected chi connectivity index (χ4v) is 2.14. The van der Waals surface area contributed by atoms with E-state index in [2.05, 4.69) is 52.6 Å². The third-order valence-corrected chi connectivity index (χ3v) is 3.16. The fraction of sp³-hybridized carbons (Fsp3) is 0.923. The minimum Gasteiger partial charge on any atom is -0.350 e. The molecule has 0 aromatic heterocycles. The monoisotopic (exact) mass is 245 g/mol. The maximum absolute atomic E-state index is 11.9. The molecule has 0 fully saturated rings. The lowest BCUT2D eigenvalue weighted by atomic mass is 9.81.